The quantitative estimate of drug-likeness (QED) is 0.610. The standard InChI is InChI=1S/C20H23N3O2S/c24-17-20(18(25)23(14-9-10-14)19(26)21-17)12-13-6-3-4-7-15(13)22-11-5-1-2-8-16(20)22/h3-4,6-7,14,16H,1-2,5,8-12H2,(H,21,24,26)/t16-,20+/m1/s1. The van der Waals surface area contributed by atoms with Crippen LogP contribution in [0.15, 0.2) is 24.3 Å². The Morgan fingerprint density at radius 2 is 1.88 bits per heavy atom. The number of hydrogen-bond acceptors (Lipinski definition) is 4. The number of thiocarbonyl (C=S) groups is 1. The second kappa shape index (κ2) is 5.78. The second-order valence-electron chi connectivity index (χ2n) is 8.00. The van der Waals surface area contributed by atoms with Crippen molar-refractivity contribution in [3.05, 3.63) is 29.8 Å². The molecule has 0 aromatic heterocycles. The number of para-hydroxylation sites is 1. The lowest BCUT2D eigenvalue weighted by molar-refractivity contribution is -0.152. The van der Waals surface area contributed by atoms with E-state index >= 15 is 0 Å². The average molecular weight is 369 g/mol. The van der Waals surface area contributed by atoms with E-state index in [2.05, 4.69) is 22.3 Å². The van der Waals surface area contributed by atoms with Gasteiger partial charge in [0, 0.05) is 18.3 Å². The Hall–Kier alpha value is -1.95. The summed E-state index contributed by atoms with van der Waals surface area (Å²) < 4.78 is 0. The van der Waals surface area contributed by atoms with Crippen LogP contribution >= 0.6 is 12.2 Å². The molecule has 4 aliphatic rings. The highest BCUT2D eigenvalue weighted by Crippen LogP contribution is 2.48. The molecule has 3 aliphatic heterocycles. The predicted octanol–water partition coefficient (Wildman–Crippen LogP) is 2.38. The van der Waals surface area contributed by atoms with Crippen LogP contribution in [-0.4, -0.2) is 40.5 Å². The van der Waals surface area contributed by atoms with Crippen LogP contribution in [0, 0.1) is 5.41 Å². The molecule has 3 heterocycles. The van der Waals surface area contributed by atoms with Gasteiger partial charge >= 0.3 is 0 Å². The lowest BCUT2D eigenvalue weighted by Gasteiger charge is -2.52. The summed E-state index contributed by atoms with van der Waals surface area (Å²) in [4.78, 5) is 31.1. The largest absolute Gasteiger partial charge is 0.367 e. The van der Waals surface area contributed by atoms with Gasteiger partial charge in [-0.2, -0.15) is 0 Å². The average Bonchev–Trinajstić information content (AvgIpc) is 3.46. The van der Waals surface area contributed by atoms with Crippen molar-refractivity contribution in [3.8, 4) is 0 Å². The zero-order valence-electron chi connectivity index (χ0n) is 14.7. The van der Waals surface area contributed by atoms with Gasteiger partial charge in [0.05, 0.1) is 6.04 Å². The SMILES string of the molecule is O=C1NC(=S)N(C2CC2)C(=O)[C@]12Cc1ccccc1N1CCCCC[C@@H]12. The van der Waals surface area contributed by atoms with Crippen LogP contribution in [0.2, 0.25) is 0 Å². The van der Waals surface area contributed by atoms with E-state index in [1.807, 2.05) is 12.1 Å². The van der Waals surface area contributed by atoms with Gasteiger partial charge in [-0.05, 0) is 56.0 Å². The summed E-state index contributed by atoms with van der Waals surface area (Å²) in [7, 11) is 0. The Kier molecular flexibility index (Phi) is 3.61. The third kappa shape index (κ3) is 2.17. The molecule has 1 aromatic carbocycles. The Balaban J connectivity index is 1.67. The molecule has 1 aromatic rings. The summed E-state index contributed by atoms with van der Waals surface area (Å²) in [6, 6.07) is 8.33. The molecule has 5 nitrogen and oxygen atoms in total. The van der Waals surface area contributed by atoms with Gasteiger partial charge in [0.15, 0.2) is 10.5 Å². The van der Waals surface area contributed by atoms with E-state index < -0.39 is 5.41 Å². The Bertz CT molecular complexity index is 806. The number of anilines is 1. The molecule has 26 heavy (non-hydrogen) atoms. The Morgan fingerprint density at radius 1 is 1.08 bits per heavy atom. The van der Waals surface area contributed by atoms with Gasteiger partial charge in [-0.15, -0.1) is 0 Å². The van der Waals surface area contributed by atoms with Gasteiger partial charge in [0.25, 0.3) is 0 Å². The van der Waals surface area contributed by atoms with Crippen LogP contribution < -0.4 is 10.2 Å². The zero-order valence-corrected chi connectivity index (χ0v) is 15.6. The minimum absolute atomic E-state index is 0.0693. The minimum atomic E-state index is -1.05. The van der Waals surface area contributed by atoms with Crippen LogP contribution in [0.3, 0.4) is 0 Å². The molecule has 2 saturated heterocycles. The van der Waals surface area contributed by atoms with Crippen molar-refractivity contribution >= 4 is 34.8 Å². The molecule has 0 unspecified atom stereocenters. The molecular formula is C20H23N3O2S. The number of hydrogen-bond donors (Lipinski definition) is 1. The number of carbonyl (C=O) groups excluding carboxylic acids is 2. The van der Waals surface area contributed by atoms with E-state index in [9.17, 15) is 9.59 Å². The predicted molar refractivity (Wildman–Crippen MR) is 103 cm³/mol. The molecule has 1 N–H and O–H groups in total. The first-order valence-electron chi connectivity index (χ1n) is 9.66. The number of carbonyl (C=O) groups is 2. The molecule has 136 valence electrons. The fourth-order valence-electron chi connectivity index (χ4n) is 5.06. The molecule has 1 saturated carbocycles. The van der Waals surface area contributed by atoms with Gasteiger partial charge in [0.1, 0.15) is 0 Å². The van der Waals surface area contributed by atoms with Crippen molar-refractivity contribution in [1.29, 1.82) is 0 Å². The maximum atomic E-state index is 13.7. The van der Waals surface area contributed by atoms with Crippen molar-refractivity contribution in [3.63, 3.8) is 0 Å². The molecule has 0 bridgehead atoms. The van der Waals surface area contributed by atoms with Crippen molar-refractivity contribution in [2.75, 3.05) is 11.4 Å². The highest BCUT2D eigenvalue weighted by atomic mass is 32.1. The van der Waals surface area contributed by atoms with Gasteiger partial charge in [0.2, 0.25) is 11.8 Å². The van der Waals surface area contributed by atoms with Crippen LogP contribution in [0.4, 0.5) is 5.69 Å². The first-order chi connectivity index (χ1) is 12.6. The summed E-state index contributed by atoms with van der Waals surface area (Å²) in [5, 5.41) is 3.20. The molecule has 2 amide bonds. The lowest BCUT2D eigenvalue weighted by atomic mass is 9.67. The molecule has 3 fully saturated rings. The fourth-order valence-corrected chi connectivity index (χ4v) is 5.38. The van der Waals surface area contributed by atoms with Crippen LogP contribution in [0.25, 0.3) is 0 Å². The highest BCUT2D eigenvalue weighted by molar-refractivity contribution is 7.80. The molecule has 1 spiro atoms. The topological polar surface area (TPSA) is 52.7 Å². The van der Waals surface area contributed by atoms with E-state index in [1.165, 1.54) is 5.69 Å². The Labute approximate surface area is 158 Å². The minimum Gasteiger partial charge on any atom is -0.367 e. The van der Waals surface area contributed by atoms with Crippen molar-refractivity contribution in [2.24, 2.45) is 5.41 Å². The summed E-state index contributed by atoms with van der Waals surface area (Å²) in [5.74, 6) is -0.268. The molecule has 0 radical (unpaired) electrons. The number of rotatable bonds is 1. The number of nitrogens with one attached hydrogen (secondary N) is 1. The molecule has 5 rings (SSSR count). The number of fused-ring (bicyclic) bond motifs is 4. The summed E-state index contributed by atoms with van der Waals surface area (Å²) in [6.07, 6.45) is 6.60. The van der Waals surface area contributed by atoms with E-state index in [0.29, 0.717) is 11.5 Å². The zero-order chi connectivity index (χ0) is 17.9. The Morgan fingerprint density at radius 3 is 2.69 bits per heavy atom. The van der Waals surface area contributed by atoms with Gasteiger partial charge in [-0.1, -0.05) is 31.0 Å². The third-order valence-corrected chi connectivity index (χ3v) is 6.75. The van der Waals surface area contributed by atoms with Gasteiger partial charge in [-0.3, -0.25) is 14.5 Å². The second-order valence-corrected chi connectivity index (χ2v) is 8.39. The van der Waals surface area contributed by atoms with Crippen molar-refractivity contribution < 1.29 is 9.59 Å². The van der Waals surface area contributed by atoms with E-state index in [4.69, 9.17) is 12.2 Å². The van der Waals surface area contributed by atoms with Crippen molar-refractivity contribution in [1.82, 2.24) is 10.2 Å². The maximum Gasteiger partial charge on any atom is 0.247 e. The molecule has 2 atom stereocenters. The number of nitrogens with zero attached hydrogens (tertiary/aromatic N) is 2. The first-order valence-corrected chi connectivity index (χ1v) is 10.1. The monoisotopic (exact) mass is 369 g/mol. The van der Waals surface area contributed by atoms with E-state index in [-0.39, 0.29) is 23.9 Å². The van der Waals surface area contributed by atoms with Gasteiger partial charge < -0.3 is 10.2 Å². The first kappa shape index (κ1) is 16.2. The molecule has 6 heteroatoms. The van der Waals surface area contributed by atoms with Crippen LogP contribution in [0.1, 0.15) is 44.1 Å². The summed E-state index contributed by atoms with van der Waals surface area (Å²) in [5.41, 5.74) is 1.23. The molecule has 1 aliphatic carbocycles. The number of amides is 2. The summed E-state index contributed by atoms with van der Waals surface area (Å²) in [6.45, 7) is 0.901. The smallest absolute Gasteiger partial charge is 0.247 e. The van der Waals surface area contributed by atoms with Crippen LogP contribution in [-0.2, 0) is 16.0 Å². The van der Waals surface area contributed by atoms with Crippen LogP contribution in [0.5, 0.6) is 0 Å². The lowest BCUT2D eigenvalue weighted by Crippen LogP contribution is -2.72. The highest BCUT2D eigenvalue weighted by Gasteiger charge is 2.62. The fraction of sp³-hybridized carbons (Fsp3) is 0.550. The summed E-state index contributed by atoms with van der Waals surface area (Å²) >= 11 is 5.36. The van der Waals surface area contributed by atoms with E-state index in [0.717, 1.165) is 50.6 Å². The third-order valence-electron chi connectivity index (χ3n) is 6.45. The van der Waals surface area contributed by atoms with Gasteiger partial charge in [-0.25, -0.2) is 0 Å². The normalized spacial score (nSPS) is 31.4. The number of benzene rings is 1. The molecular weight excluding hydrogens is 346 g/mol. The maximum absolute atomic E-state index is 13.7. The van der Waals surface area contributed by atoms with E-state index in [1.54, 1.807) is 4.90 Å². The van der Waals surface area contributed by atoms with Crippen molar-refractivity contribution in [2.45, 2.75) is 57.0 Å².